The Morgan fingerprint density at radius 2 is 1.70 bits per heavy atom. The van der Waals surface area contributed by atoms with Gasteiger partial charge in [-0.2, -0.15) is 4.99 Å². The quantitative estimate of drug-likeness (QED) is 0.251. The van der Waals surface area contributed by atoms with Gasteiger partial charge >= 0.3 is 0 Å². The molecule has 0 heterocycles. The molecule has 10 heavy (non-hydrogen) atoms. The largest absolute Gasteiger partial charge is 0.236 e. The summed E-state index contributed by atoms with van der Waals surface area (Å²) in [6.07, 6.45) is 1.46. The fourth-order valence-corrected chi connectivity index (χ4v) is 0.288. The zero-order valence-electron chi connectivity index (χ0n) is 6.73. The Morgan fingerprint density at radius 3 is 1.80 bits per heavy atom. The SMILES string of the molecule is CC(C)(C)C(C)(Cl)N=C=O. The topological polar surface area (TPSA) is 29.4 Å². The lowest BCUT2D eigenvalue weighted by Crippen LogP contribution is -2.31. The van der Waals surface area contributed by atoms with Gasteiger partial charge in [-0.15, -0.1) is 0 Å². The summed E-state index contributed by atoms with van der Waals surface area (Å²) in [6, 6.07) is 0. The first kappa shape index (κ1) is 9.67. The van der Waals surface area contributed by atoms with Gasteiger partial charge in [-0.25, -0.2) is 4.79 Å². The van der Waals surface area contributed by atoms with Gasteiger partial charge in [0.1, 0.15) is 5.00 Å². The molecule has 2 nitrogen and oxygen atoms in total. The molecular formula is C7H12ClNO. The molecule has 0 saturated carbocycles. The van der Waals surface area contributed by atoms with Gasteiger partial charge in [-0.3, -0.25) is 0 Å². The molecule has 3 heteroatoms. The Morgan fingerprint density at radius 1 is 1.30 bits per heavy atom. The van der Waals surface area contributed by atoms with Crippen LogP contribution in [0.15, 0.2) is 4.99 Å². The molecule has 0 saturated heterocycles. The minimum atomic E-state index is -0.839. The van der Waals surface area contributed by atoms with Crippen LogP contribution in [0.4, 0.5) is 0 Å². The highest BCUT2D eigenvalue weighted by atomic mass is 35.5. The number of nitrogens with zero attached hydrogens (tertiary/aromatic N) is 1. The Labute approximate surface area is 66.3 Å². The van der Waals surface area contributed by atoms with E-state index < -0.39 is 5.00 Å². The van der Waals surface area contributed by atoms with E-state index in [4.69, 9.17) is 11.6 Å². The number of halogens is 1. The third kappa shape index (κ3) is 2.13. The van der Waals surface area contributed by atoms with Gasteiger partial charge in [0.15, 0.2) is 0 Å². The van der Waals surface area contributed by atoms with Crippen molar-refractivity contribution >= 4 is 17.7 Å². The summed E-state index contributed by atoms with van der Waals surface area (Å²) in [6.45, 7) is 7.45. The summed E-state index contributed by atoms with van der Waals surface area (Å²) in [5.41, 5.74) is -0.216. The maximum absolute atomic E-state index is 9.89. The van der Waals surface area contributed by atoms with Gasteiger partial charge in [-0.05, 0) is 6.92 Å². The van der Waals surface area contributed by atoms with Crippen LogP contribution in [0.3, 0.4) is 0 Å². The number of rotatable bonds is 1. The summed E-state index contributed by atoms with van der Waals surface area (Å²) >= 11 is 5.88. The molecule has 1 unspecified atom stereocenters. The van der Waals surface area contributed by atoms with Crippen LogP contribution < -0.4 is 0 Å². The number of alkyl halides is 1. The molecule has 0 bridgehead atoms. The minimum Gasteiger partial charge on any atom is -0.211 e. The Hall–Kier alpha value is -0.330. The van der Waals surface area contributed by atoms with Crippen LogP contribution in [-0.2, 0) is 4.79 Å². The van der Waals surface area contributed by atoms with Crippen molar-refractivity contribution in [3.63, 3.8) is 0 Å². The zero-order chi connectivity index (χ0) is 8.41. The Kier molecular flexibility index (Phi) is 2.64. The molecule has 0 N–H and O–H groups in total. The predicted octanol–water partition coefficient (Wildman–Crippen LogP) is 2.32. The number of hydrogen-bond acceptors (Lipinski definition) is 2. The highest BCUT2D eigenvalue weighted by molar-refractivity contribution is 6.24. The van der Waals surface area contributed by atoms with Crippen LogP contribution in [-0.4, -0.2) is 11.1 Å². The van der Waals surface area contributed by atoms with E-state index in [1.165, 1.54) is 6.08 Å². The number of isocyanates is 1. The van der Waals surface area contributed by atoms with E-state index in [2.05, 4.69) is 4.99 Å². The van der Waals surface area contributed by atoms with E-state index in [0.717, 1.165) is 0 Å². The molecule has 0 aromatic carbocycles. The lowest BCUT2D eigenvalue weighted by molar-refractivity contribution is 0.300. The average Bonchev–Trinajstić information content (AvgIpc) is 1.61. The standard InChI is InChI=1S/C7H12ClNO/c1-6(2,3)7(4,8)9-5-10/h1-4H3. The van der Waals surface area contributed by atoms with E-state index in [1.807, 2.05) is 20.8 Å². The second-order valence-electron chi connectivity index (χ2n) is 3.41. The maximum atomic E-state index is 9.89. The summed E-state index contributed by atoms with van der Waals surface area (Å²) in [5.74, 6) is 0. The number of aliphatic imine (C=N–C) groups is 1. The van der Waals surface area contributed by atoms with E-state index in [-0.39, 0.29) is 5.41 Å². The number of hydrogen-bond donors (Lipinski definition) is 0. The molecule has 0 spiro atoms. The molecule has 0 aromatic rings. The summed E-state index contributed by atoms with van der Waals surface area (Å²) in [5, 5.41) is 0. The van der Waals surface area contributed by atoms with Crippen LogP contribution in [0, 0.1) is 5.41 Å². The smallest absolute Gasteiger partial charge is 0.211 e. The van der Waals surface area contributed by atoms with Crippen molar-refractivity contribution in [2.45, 2.75) is 32.7 Å². The molecule has 0 aliphatic rings. The maximum Gasteiger partial charge on any atom is 0.236 e. The van der Waals surface area contributed by atoms with Crippen molar-refractivity contribution in [1.82, 2.24) is 0 Å². The van der Waals surface area contributed by atoms with Gasteiger partial charge in [0.25, 0.3) is 0 Å². The van der Waals surface area contributed by atoms with Crippen LogP contribution in [0.1, 0.15) is 27.7 Å². The molecule has 0 fully saturated rings. The number of carbonyl (C=O) groups excluding carboxylic acids is 1. The van der Waals surface area contributed by atoms with Crippen molar-refractivity contribution in [2.75, 3.05) is 0 Å². The molecule has 0 amide bonds. The summed E-state index contributed by atoms with van der Waals surface area (Å²) in [4.78, 5) is 12.5. The van der Waals surface area contributed by atoms with Gasteiger partial charge in [-0.1, -0.05) is 32.4 Å². The average molecular weight is 162 g/mol. The first-order valence-corrected chi connectivity index (χ1v) is 3.47. The van der Waals surface area contributed by atoms with Crippen LogP contribution in [0.25, 0.3) is 0 Å². The second-order valence-corrected chi connectivity index (χ2v) is 4.14. The van der Waals surface area contributed by atoms with Gasteiger partial charge in [0, 0.05) is 5.41 Å². The molecule has 0 aliphatic heterocycles. The first-order valence-electron chi connectivity index (χ1n) is 3.09. The lowest BCUT2D eigenvalue weighted by Gasteiger charge is -2.30. The van der Waals surface area contributed by atoms with Gasteiger partial charge < -0.3 is 0 Å². The normalized spacial score (nSPS) is 17.3. The molecule has 0 aliphatic carbocycles. The van der Waals surface area contributed by atoms with Crippen molar-refractivity contribution < 1.29 is 4.79 Å². The monoisotopic (exact) mass is 161 g/mol. The van der Waals surface area contributed by atoms with Crippen molar-refractivity contribution in [2.24, 2.45) is 10.4 Å². The van der Waals surface area contributed by atoms with E-state index in [9.17, 15) is 4.79 Å². The Bertz CT molecular complexity index is 163. The molecule has 0 rings (SSSR count). The fourth-order valence-electron chi connectivity index (χ4n) is 0.253. The van der Waals surface area contributed by atoms with E-state index >= 15 is 0 Å². The predicted molar refractivity (Wildman–Crippen MR) is 41.8 cm³/mol. The third-order valence-corrected chi connectivity index (χ3v) is 2.28. The minimum absolute atomic E-state index is 0.216. The van der Waals surface area contributed by atoms with Crippen molar-refractivity contribution in [1.29, 1.82) is 0 Å². The lowest BCUT2D eigenvalue weighted by atomic mass is 9.88. The van der Waals surface area contributed by atoms with E-state index in [0.29, 0.717) is 0 Å². The van der Waals surface area contributed by atoms with Gasteiger partial charge in [0.05, 0.1) is 0 Å². The highest BCUT2D eigenvalue weighted by Crippen LogP contribution is 2.36. The van der Waals surface area contributed by atoms with Crippen LogP contribution in [0.5, 0.6) is 0 Å². The van der Waals surface area contributed by atoms with Crippen LogP contribution in [0.2, 0.25) is 0 Å². The zero-order valence-corrected chi connectivity index (χ0v) is 7.49. The molecule has 58 valence electrons. The molecule has 0 aromatic heterocycles. The molecule has 1 atom stereocenters. The summed E-state index contributed by atoms with van der Waals surface area (Å²) in [7, 11) is 0. The van der Waals surface area contributed by atoms with Crippen molar-refractivity contribution in [3.8, 4) is 0 Å². The third-order valence-electron chi connectivity index (χ3n) is 1.62. The molecular weight excluding hydrogens is 150 g/mol. The fraction of sp³-hybridized carbons (Fsp3) is 0.857. The van der Waals surface area contributed by atoms with Crippen molar-refractivity contribution in [3.05, 3.63) is 0 Å². The molecule has 0 radical (unpaired) electrons. The van der Waals surface area contributed by atoms with E-state index in [1.54, 1.807) is 6.92 Å². The summed E-state index contributed by atoms with van der Waals surface area (Å²) < 4.78 is 0. The van der Waals surface area contributed by atoms with Gasteiger partial charge in [0.2, 0.25) is 6.08 Å². The highest BCUT2D eigenvalue weighted by Gasteiger charge is 2.35. The Balaban J connectivity index is 4.56. The second kappa shape index (κ2) is 2.73. The van der Waals surface area contributed by atoms with Crippen LogP contribution >= 0.6 is 11.6 Å². The first-order chi connectivity index (χ1) is 4.31.